The summed E-state index contributed by atoms with van der Waals surface area (Å²) in [6.07, 6.45) is -5.75. The molecule has 1 aromatic heterocycles. The number of amides is 2. The van der Waals surface area contributed by atoms with E-state index in [1.165, 1.54) is 0 Å². The van der Waals surface area contributed by atoms with E-state index < -0.39 is 52.0 Å². The molecule has 0 fully saturated rings. The highest BCUT2D eigenvalue weighted by molar-refractivity contribution is 6.07. The normalized spacial score (nSPS) is 18.3. The second-order valence-electron chi connectivity index (χ2n) is 7.14. The predicted octanol–water partition coefficient (Wildman–Crippen LogP) is 1.54. The third-order valence-corrected chi connectivity index (χ3v) is 4.49. The molecule has 2 aromatic rings. The Labute approximate surface area is 165 Å². The summed E-state index contributed by atoms with van der Waals surface area (Å²) >= 11 is 0. The Hall–Kier alpha value is -3.44. The third kappa shape index (κ3) is 3.27. The zero-order chi connectivity index (χ0) is 22.4. The molecule has 3 N–H and O–H groups in total. The number of carbonyl (C=O) groups is 2. The maximum atomic E-state index is 14.1. The highest BCUT2D eigenvalue weighted by atomic mass is 19.4. The van der Waals surface area contributed by atoms with Crippen molar-refractivity contribution in [2.75, 3.05) is 5.32 Å². The van der Waals surface area contributed by atoms with Crippen LogP contribution in [0.3, 0.4) is 0 Å². The Kier molecular flexibility index (Phi) is 5.04. The molecule has 0 spiro atoms. The largest absolute Gasteiger partial charge is 0.425 e. The summed E-state index contributed by atoms with van der Waals surface area (Å²) < 4.78 is 56.2. The first kappa shape index (κ1) is 21.3. The monoisotopic (exact) mass is 428 g/mol. The van der Waals surface area contributed by atoms with Gasteiger partial charge in [-0.25, -0.2) is 13.8 Å². The molecule has 0 aliphatic carbocycles. The van der Waals surface area contributed by atoms with Crippen LogP contribution in [0.2, 0.25) is 0 Å². The Bertz CT molecular complexity index is 1130. The Morgan fingerprint density at radius 1 is 1.17 bits per heavy atom. The highest BCUT2D eigenvalue weighted by Gasteiger charge is 2.68. The number of hydrogen-bond acceptors (Lipinski definition) is 4. The Morgan fingerprint density at radius 3 is 2.30 bits per heavy atom. The summed E-state index contributed by atoms with van der Waals surface area (Å²) in [5.41, 5.74) is -7.63. The second kappa shape index (κ2) is 7.11. The lowest BCUT2D eigenvalue weighted by atomic mass is 9.91. The van der Waals surface area contributed by atoms with Crippen LogP contribution >= 0.6 is 0 Å². The number of aromatic nitrogens is 2. The maximum Gasteiger partial charge on any atom is 0.425 e. The van der Waals surface area contributed by atoms with Gasteiger partial charge in [0.2, 0.25) is 11.4 Å². The van der Waals surface area contributed by atoms with Gasteiger partial charge in [0.05, 0.1) is 5.69 Å². The van der Waals surface area contributed by atoms with E-state index in [1.807, 2.05) is 5.32 Å². The number of aromatic amines is 1. The van der Waals surface area contributed by atoms with E-state index in [-0.39, 0.29) is 18.0 Å². The lowest BCUT2D eigenvalue weighted by molar-refractivity contribution is -0.200. The minimum Gasteiger partial charge on any atom is -0.330 e. The van der Waals surface area contributed by atoms with E-state index in [0.717, 1.165) is 24.3 Å². The van der Waals surface area contributed by atoms with Crippen molar-refractivity contribution in [3.63, 3.8) is 0 Å². The van der Waals surface area contributed by atoms with Gasteiger partial charge in [0.15, 0.2) is 0 Å². The van der Waals surface area contributed by atoms with Crippen LogP contribution in [0.25, 0.3) is 5.69 Å². The van der Waals surface area contributed by atoms with Gasteiger partial charge >= 0.3 is 11.9 Å². The highest BCUT2D eigenvalue weighted by Crippen LogP contribution is 2.45. The van der Waals surface area contributed by atoms with Crippen molar-refractivity contribution in [1.29, 1.82) is 0 Å². The van der Waals surface area contributed by atoms with E-state index in [0.29, 0.717) is 4.57 Å². The van der Waals surface area contributed by atoms with Crippen molar-refractivity contribution in [1.82, 2.24) is 14.9 Å². The van der Waals surface area contributed by atoms with Crippen molar-refractivity contribution < 1.29 is 27.2 Å². The van der Waals surface area contributed by atoms with Crippen molar-refractivity contribution in [3.8, 4) is 5.69 Å². The molecule has 1 aliphatic heterocycles. The minimum absolute atomic E-state index is 0.110. The van der Waals surface area contributed by atoms with Gasteiger partial charge in [0.25, 0.3) is 11.5 Å². The average Bonchev–Trinajstić information content (AvgIpc) is 2.89. The zero-order valence-corrected chi connectivity index (χ0v) is 15.7. The van der Waals surface area contributed by atoms with E-state index >= 15 is 0 Å². The van der Waals surface area contributed by atoms with E-state index in [9.17, 15) is 36.7 Å². The standard InChI is InChI=1S/C18H16F4N4O4/c1-8(2)7-11(27)25-17(18(20,21)22)12-13(23-15(17)29)26(16(30)24-14(12)28)10-5-3-9(19)4-6-10/h3-6,8H,7H2,1-2H3,(H,23,29)(H,25,27)(H,24,28,30)/t17-/m0/s1. The maximum absolute atomic E-state index is 14.1. The summed E-state index contributed by atoms with van der Waals surface area (Å²) in [5.74, 6) is -4.62. The van der Waals surface area contributed by atoms with Gasteiger partial charge in [-0.1, -0.05) is 13.8 Å². The van der Waals surface area contributed by atoms with E-state index in [1.54, 1.807) is 24.1 Å². The van der Waals surface area contributed by atoms with Crippen LogP contribution in [0, 0.1) is 11.7 Å². The van der Waals surface area contributed by atoms with E-state index in [4.69, 9.17) is 0 Å². The van der Waals surface area contributed by atoms with Crippen LogP contribution in [-0.2, 0) is 15.1 Å². The molecule has 0 unspecified atom stereocenters. The molecule has 160 valence electrons. The quantitative estimate of drug-likeness (QED) is 0.641. The number of hydrogen-bond donors (Lipinski definition) is 3. The minimum atomic E-state index is -5.41. The zero-order valence-electron chi connectivity index (χ0n) is 15.7. The molecule has 8 nitrogen and oxygen atoms in total. The smallest absolute Gasteiger partial charge is 0.330 e. The fraction of sp³-hybridized carbons (Fsp3) is 0.333. The number of H-pyrrole nitrogens is 1. The molecule has 2 amide bonds. The molecule has 2 heterocycles. The van der Waals surface area contributed by atoms with Gasteiger partial charge in [0, 0.05) is 6.42 Å². The van der Waals surface area contributed by atoms with Gasteiger partial charge in [-0.05, 0) is 30.2 Å². The Balaban J connectivity index is 2.31. The van der Waals surface area contributed by atoms with Crippen LogP contribution in [0.5, 0.6) is 0 Å². The SMILES string of the molecule is CC(C)CC(=O)N[C@]1(C(F)(F)F)C(=O)Nc2c1c(=O)[nH]c(=O)n2-c1ccc(F)cc1. The average molecular weight is 428 g/mol. The molecule has 0 radical (unpaired) electrons. The molecule has 1 atom stereocenters. The molecule has 1 aromatic carbocycles. The predicted molar refractivity (Wildman–Crippen MR) is 96.6 cm³/mol. The summed E-state index contributed by atoms with van der Waals surface area (Å²) in [5, 5.41) is 3.54. The number of rotatable bonds is 4. The topological polar surface area (TPSA) is 113 Å². The van der Waals surface area contributed by atoms with Crippen molar-refractivity contribution >= 4 is 17.6 Å². The number of carbonyl (C=O) groups excluding carboxylic acids is 2. The fourth-order valence-corrected chi connectivity index (χ4v) is 3.25. The fourth-order valence-electron chi connectivity index (χ4n) is 3.25. The molecule has 12 heteroatoms. The first-order valence-corrected chi connectivity index (χ1v) is 8.73. The number of benzene rings is 1. The van der Waals surface area contributed by atoms with Gasteiger partial charge in [-0.3, -0.25) is 19.4 Å². The van der Waals surface area contributed by atoms with Crippen molar-refractivity contribution in [3.05, 3.63) is 56.5 Å². The first-order chi connectivity index (χ1) is 13.9. The molecular weight excluding hydrogens is 412 g/mol. The molecule has 30 heavy (non-hydrogen) atoms. The first-order valence-electron chi connectivity index (χ1n) is 8.73. The van der Waals surface area contributed by atoms with Crippen molar-refractivity contribution in [2.45, 2.75) is 32.0 Å². The molecule has 0 saturated heterocycles. The van der Waals surface area contributed by atoms with Crippen LogP contribution in [0.15, 0.2) is 33.9 Å². The van der Waals surface area contributed by atoms with Crippen LogP contribution in [0.4, 0.5) is 23.4 Å². The number of nitrogens with one attached hydrogen (secondary N) is 3. The lowest BCUT2D eigenvalue weighted by Gasteiger charge is -2.30. The number of halogens is 4. The summed E-state index contributed by atoms with van der Waals surface area (Å²) in [6, 6.07) is 4.04. The van der Waals surface area contributed by atoms with Gasteiger partial charge in [-0.2, -0.15) is 13.2 Å². The van der Waals surface area contributed by atoms with Gasteiger partial charge in [-0.15, -0.1) is 0 Å². The molecule has 1 aliphatic rings. The number of alkyl halides is 3. The summed E-state index contributed by atoms with van der Waals surface area (Å²) in [7, 11) is 0. The van der Waals surface area contributed by atoms with Crippen LogP contribution < -0.4 is 21.9 Å². The number of nitrogens with zero attached hydrogens (tertiary/aromatic N) is 1. The molecule has 0 bridgehead atoms. The second-order valence-corrected chi connectivity index (χ2v) is 7.14. The number of fused-ring (bicyclic) bond motifs is 1. The summed E-state index contributed by atoms with van der Waals surface area (Å²) in [4.78, 5) is 51.2. The summed E-state index contributed by atoms with van der Waals surface area (Å²) in [6.45, 7) is 3.17. The molecule has 0 saturated carbocycles. The Morgan fingerprint density at radius 2 is 1.77 bits per heavy atom. The third-order valence-electron chi connectivity index (χ3n) is 4.49. The number of anilines is 1. The van der Waals surface area contributed by atoms with Crippen molar-refractivity contribution in [2.24, 2.45) is 5.92 Å². The lowest BCUT2D eigenvalue weighted by Crippen LogP contribution is -2.62. The van der Waals surface area contributed by atoms with E-state index in [2.05, 4.69) is 0 Å². The van der Waals surface area contributed by atoms with Gasteiger partial charge < -0.3 is 10.6 Å². The van der Waals surface area contributed by atoms with Crippen LogP contribution in [-0.4, -0.2) is 27.5 Å². The molecule has 3 rings (SSSR count). The molecular formula is C18H16F4N4O4. The van der Waals surface area contributed by atoms with Gasteiger partial charge in [0.1, 0.15) is 17.2 Å². The van der Waals surface area contributed by atoms with Crippen LogP contribution in [0.1, 0.15) is 25.8 Å².